The highest BCUT2D eigenvalue weighted by Crippen LogP contribution is 2.19. The normalized spacial score (nSPS) is 14.9. The first-order valence-electron chi connectivity index (χ1n) is 10.3. The highest BCUT2D eigenvalue weighted by Gasteiger charge is 2.20. The van der Waals surface area contributed by atoms with Crippen LogP contribution < -0.4 is 15.4 Å². The number of halogens is 1. The van der Waals surface area contributed by atoms with Gasteiger partial charge >= 0.3 is 6.03 Å². The molecule has 0 unspecified atom stereocenters. The van der Waals surface area contributed by atoms with Crippen LogP contribution in [0.3, 0.4) is 0 Å². The predicted molar refractivity (Wildman–Crippen MR) is 120 cm³/mol. The summed E-state index contributed by atoms with van der Waals surface area (Å²) in [6.45, 7) is 2.98. The largest absolute Gasteiger partial charge is 0.487 e. The van der Waals surface area contributed by atoms with Gasteiger partial charge in [0.1, 0.15) is 18.2 Å². The number of nitrogens with zero attached hydrogens (tertiary/aromatic N) is 2. The second kappa shape index (κ2) is 10.4. The fraction of sp³-hybridized carbons (Fsp3) is 0.304. The molecule has 2 heterocycles. The van der Waals surface area contributed by atoms with E-state index < -0.39 is 0 Å². The zero-order chi connectivity index (χ0) is 21.5. The molecule has 1 aliphatic rings. The lowest BCUT2D eigenvalue weighted by Gasteiger charge is -2.32. The van der Waals surface area contributed by atoms with E-state index in [4.69, 9.17) is 4.74 Å². The van der Waals surface area contributed by atoms with Crippen molar-refractivity contribution < 1.29 is 13.9 Å². The zero-order valence-electron chi connectivity index (χ0n) is 17.1. The molecule has 0 aliphatic carbocycles. The van der Waals surface area contributed by atoms with Crippen molar-refractivity contribution >= 4 is 23.1 Å². The van der Waals surface area contributed by atoms with Crippen LogP contribution in [0.4, 0.5) is 14.9 Å². The minimum Gasteiger partial charge on any atom is -0.487 e. The number of carbonyl (C=O) groups excluding carboxylic acids is 1. The molecule has 4 rings (SSSR count). The molecule has 0 saturated carbocycles. The summed E-state index contributed by atoms with van der Waals surface area (Å²) in [5.74, 6) is 0.467. The Morgan fingerprint density at radius 2 is 2.00 bits per heavy atom. The zero-order valence-corrected chi connectivity index (χ0v) is 17.9. The Balaban J connectivity index is 1.20. The lowest BCUT2D eigenvalue weighted by molar-refractivity contribution is 0.190. The fourth-order valence-electron chi connectivity index (χ4n) is 3.57. The number of hydrogen-bond acceptors (Lipinski definition) is 5. The monoisotopic (exact) mass is 440 g/mol. The molecule has 0 bridgehead atoms. The molecule has 1 aromatic heterocycles. The molecule has 2 N–H and O–H groups in total. The summed E-state index contributed by atoms with van der Waals surface area (Å²) >= 11 is 1.53. The molecule has 2 aromatic carbocycles. The number of urea groups is 1. The van der Waals surface area contributed by atoms with E-state index >= 15 is 0 Å². The van der Waals surface area contributed by atoms with Gasteiger partial charge in [-0.3, -0.25) is 4.90 Å². The highest BCUT2D eigenvalue weighted by atomic mass is 32.1. The van der Waals surface area contributed by atoms with Crippen LogP contribution in [0.1, 0.15) is 24.1 Å². The van der Waals surface area contributed by atoms with Crippen LogP contribution in [0.25, 0.3) is 0 Å². The number of hydrogen-bond donors (Lipinski definition) is 2. The summed E-state index contributed by atoms with van der Waals surface area (Å²) in [6, 6.07) is 13.9. The quantitative estimate of drug-likeness (QED) is 0.561. The Morgan fingerprint density at radius 1 is 1.19 bits per heavy atom. The minimum absolute atomic E-state index is 0.133. The van der Waals surface area contributed by atoms with Gasteiger partial charge in [0.15, 0.2) is 0 Å². The van der Waals surface area contributed by atoms with E-state index in [1.54, 1.807) is 11.6 Å². The van der Waals surface area contributed by atoms with Crippen molar-refractivity contribution in [2.45, 2.75) is 32.0 Å². The second-order valence-electron chi connectivity index (χ2n) is 7.57. The maximum Gasteiger partial charge on any atom is 0.319 e. The number of ether oxygens (including phenoxy) is 1. The van der Waals surface area contributed by atoms with Gasteiger partial charge in [0, 0.05) is 42.8 Å². The molecule has 0 radical (unpaired) electrons. The Kier molecular flexibility index (Phi) is 7.11. The first-order valence-corrected chi connectivity index (χ1v) is 11.2. The Bertz CT molecular complexity index is 974. The summed E-state index contributed by atoms with van der Waals surface area (Å²) < 4.78 is 18.8. The van der Waals surface area contributed by atoms with E-state index in [1.807, 2.05) is 35.7 Å². The number of thiazole rings is 1. The van der Waals surface area contributed by atoms with Gasteiger partial charge in [0.25, 0.3) is 0 Å². The van der Waals surface area contributed by atoms with E-state index in [0.717, 1.165) is 43.7 Å². The van der Waals surface area contributed by atoms with E-state index in [0.29, 0.717) is 18.0 Å². The van der Waals surface area contributed by atoms with Gasteiger partial charge in [-0.25, -0.2) is 14.2 Å². The Hall–Kier alpha value is -2.97. The Morgan fingerprint density at radius 3 is 2.74 bits per heavy atom. The fourth-order valence-corrected chi connectivity index (χ4v) is 4.11. The number of carbonyl (C=O) groups is 1. The molecule has 1 saturated heterocycles. The number of nitrogens with one attached hydrogen (secondary N) is 2. The average Bonchev–Trinajstić information content (AvgIpc) is 3.29. The lowest BCUT2D eigenvalue weighted by atomic mass is 10.0. The van der Waals surface area contributed by atoms with Crippen molar-refractivity contribution in [2.75, 3.05) is 18.4 Å². The standard InChI is InChI=1S/C23H25FN4O2S/c24-18-6-4-17(5-7-18)13-28-10-8-19(9-11-28)26-23(29)27-20-2-1-3-22(12-20)30-14-21-15-31-16-25-21/h1-7,12,15-16,19H,8-11,13-14H2,(H2,26,27,29). The third-order valence-corrected chi connectivity index (χ3v) is 5.84. The van der Waals surface area contributed by atoms with Crippen LogP contribution in [0, 0.1) is 5.82 Å². The van der Waals surface area contributed by atoms with Gasteiger partial charge in [-0.1, -0.05) is 18.2 Å². The molecule has 0 spiro atoms. The summed E-state index contributed by atoms with van der Waals surface area (Å²) in [7, 11) is 0. The summed E-state index contributed by atoms with van der Waals surface area (Å²) in [4.78, 5) is 18.9. The van der Waals surface area contributed by atoms with Gasteiger partial charge in [-0.15, -0.1) is 11.3 Å². The molecule has 1 aliphatic heterocycles. The molecule has 8 heteroatoms. The molecule has 31 heavy (non-hydrogen) atoms. The highest BCUT2D eigenvalue weighted by molar-refractivity contribution is 7.07. The number of anilines is 1. The lowest BCUT2D eigenvalue weighted by Crippen LogP contribution is -2.45. The topological polar surface area (TPSA) is 66.5 Å². The number of benzene rings is 2. The van der Waals surface area contributed by atoms with E-state index in [1.165, 1.54) is 23.5 Å². The maximum atomic E-state index is 13.0. The molecule has 162 valence electrons. The van der Waals surface area contributed by atoms with E-state index in [9.17, 15) is 9.18 Å². The van der Waals surface area contributed by atoms with Crippen LogP contribution >= 0.6 is 11.3 Å². The third kappa shape index (κ3) is 6.50. The van der Waals surface area contributed by atoms with Gasteiger partial charge in [-0.05, 0) is 42.7 Å². The van der Waals surface area contributed by atoms with E-state index in [2.05, 4.69) is 20.5 Å². The van der Waals surface area contributed by atoms with Crippen molar-refractivity contribution in [3.8, 4) is 5.75 Å². The number of aromatic nitrogens is 1. The summed E-state index contributed by atoms with van der Waals surface area (Å²) in [6.07, 6.45) is 1.76. The van der Waals surface area contributed by atoms with Crippen LogP contribution in [0.2, 0.25) is 0 Å². The minimum atomic E-state index is -0.214. The van der Waals surface area contributed by atoms with E-state index in [-0.39, 0.29) is 17.9 Å². The first-order chi connectivity index (χ1) is 15.1. The molecule has 2 amide bonds. The van der Waals surface area contributed by atoms with Crippen LogP contribution in [-0.4, -0.2) is 35.0 Å². The smallest absolute Gasteiger partial charge is 0.319 e. The van der Waals surface area contributed by atoms with Crippen molar-refractivity contribution in [1.29, 1.82) is 0 Å². The predicted octanol–water partition coefficient (Wildman–Crippen LogP) is 4.65. The maximum absolute atomic E-state index is 13.0. The number of likely N-dealkylation sites (tertiary alicyclic amines) is 1. The Labute approximate surface area is 185 Å². The SMILES string of the molecule is O=C(Nc1cccc(OCc2cscn2)c1)NC1CCN(Cc2ccc(F)cc2)CC1. The third-order valence-electron chi connectivity index (χ3n) is 5.20. The van der Waals surface area contributed by atoms with Crippen LogP contribution in [0.5, 0.6) is 5.75 Å². The number of piperidine rings is 1. The average molecular weight is 441 g/mol. The summed E-state index contributed by atoms with van der Waals surface area (Å²) in [5, 5.41) is 7.89. The number of amides is 2. The number of rotatable bonds is 7. The molecule has 0 atom stereocenters. The molecule has 3 aromatic rings. The van der Waals surface area contributed by atoms with Crippen LogP contribution in [0.15, 0.2) is 59.4 Å². The van der Waals surface area contributed by atoms with Crippen molar-refractivity contribution in [3.63, 3.8) is 0 Å². The van der Waals surface area contributed by atoms with Gasteiger partial charge in [0.05, 0.1) is 11.2 Å². The van der Waals surface area contributed by atoms with Crippen molar-refractivity contribution in [1.82, 2.24) is 15.2 Å². The molecular weight excluding hydrogens is 415 g/mol. The first kappa shape index (κ1) is 21.3. The summed E-state index contributed by atoms with van der Waals surface area (Å²) in [5.41, 5.74) is 4.44. The second-order valence-corrected chi connectivity index (χ2v) is 8.29. The molecule has 6 nitrogen and oxygen atoms in total. The molecular formula is C23H25FN4O2S. The van der Waals surface area contributed by atoms with Crippen LogP contribution in [-0.2, 0) is 13.2 Å². The van der Waals surface area contributed by atoms with Gasteiger partial charge in [-0.2, -0.15) is 0 Å². The van der Waals surface area contributed by atoms with Crippen molar-refractivity contribution in [3.05, 3.63) is 76.5 Å². The molecule has 1 fully saturated rings. The van der Waals surface area contributed by atoms with Gasteiger partial charge in [0.2, 0.25) is 0 Å². The van der Waals surface area contributed by atoms with Gasteiger partial charge < -0.3 is 15.4 Å². The van der Waals surface area contributed by atoms with Crippen molar-refractivity contribution in [2.24, 2.45) is 0 Å².